The molecule has 0 bridgehead atoms. The van der Waals surface area contributed by atoms with Gasteiger partial charge in [0, 0.05) is 54.0 Å². The lowest BCUT2D eigenvalue weighted by atomic mass is 9.95. The van der Waals surface area contributed by atoms with Crippen LogP contribution in [0.1, 0.15) is 27.3 Å². The molecule has 4 N–H and O–H groups in total. The molecule has 0 radical (unpaired) electrons. The summed E-state index contributed by atoms with van der Waals surface area (Å²) < 4.78 is 18.4. The van der Waals surface area contributed by atoms with Gasteiger partial charge in [0.1, 0.15) is 12.4 Å². The monoisotopic (exact) mass is 460 g/mol. The summed E-state index contributed by atoms with van der Waals surface area (Å²) in [5.41, 5.74) is 5.19. The Balaban J connectivity index is 1.62. The Hall–Kier alpha value is -4.24. The summed E-state index contributed by atoms with van der Waals surface area (Å²) in [5.74, 6) is -1.23. The molecule has 0 aliphatic carbocycles. The first-order valence-electron chi connectivity index (χ1n) is 10.7. The molecule has 0 unspecified atom stereocenters. The van der Waals surface area contributed by atoms with Crippen LogP contribution in [-0.4, -0.2) is 43.0 Å². The summed E-state index contributed by atoms with van der Waals surface area (Å²) >= 11 is 0. The smallest absolute Gasteiger partial charge is 0.256 e. The molecule has 3 heterocycles. The van der Waals surface area contributed by atoms with Crippen molar-refractivity contribution in [3.05, 3.63) is 70.8 Å². The van der Waals surface area contributed by atoms with Crippen molar-refractivity contribution in [2.75, 3.05) is 30.9 Å². The number of ether oxygens (including phenoxy) is 1. The third-order valence-corrected chi connectivity index (χ3v) is 5.78. The van der Waals surface area contributed by atoms with Crippen molar-refractivity contribution in [1.82, 2.24) is 10.3 Å². The first-order valence-corrected chi connectivity index (χ1v) is 10.7. The molecule has 34 heavy (non-hydrogen) atoms. The van der Waals surface area contributed by atoms with E-state index >= 15 is 0 Å². The lowest BCUT2D eigenvalue weighted by molar-refractivity contribution is -0.119. The van der Waals surface area contributed by atoms with E-state index in [9.17, 15) is 18.8 Å². The molecule has 3 aromatic rings. The molecule has 8 nitrogen and oxygen atoms in total. The summed E-state index contributed by atoms with van der Waals surface area (Å²) in [6, 6.07) is 11.0. The van der Waals surface area contributed by atoms with Gasteiger partial charge in [0.25, 0.3) is 11.8 Å². The SMILES string of the molecule is COCC(=O)Nc1ccc2c(c1)/C(=C/c1[nH]c3c(c1-c1ccc(F)cc1)C(=O)NCC3)C(=O)N2. The number of amides is 3. The summed E-state index contributed by atoms with van der Waals surface area (Å²) in [6.07, 6.45) is 2.29. The van der Waals surface area contributed by atoms with Crippen LogP contribution in [0.4, 0.5) is 15.8 Å². The Bertz CT molecular complexity index is 1360. The number of aromatic amines is 1. The number of carbonyl (C=O) groups is 3. The minimum Gasteiger partial charge on any atom is -0.375 e. The summed E-state index contributed by atoms with van der Waals surface area (Å²) in [5, 5.41) is 8.40. The van der Waals surface area contributed by atoms with Gasteiger partial charge in [-0.1, -0.05) is 12.1 Å². The van der Waals surface area contributed by atoms with Gasteiger partial charge in [-0.05, 0) is 42.0 Å². The zero-order valence-corrected chi connectivity index (χ0v) is 18.3. The van der Waals surface area contributed by atoms with Gasteiger partial charge >= 0.3 is 0 Å². The van der Waals surface area contributed by atoms with E-state index in [1.807, 2.05) is 0 Å². The summed E-state index contributed by atoms with van der Waals surface area (Å²) in [6.45, 7) is 0.410. The molecular weight excluding hydrogens is 439 g/mol. The average Bonchev–Trinajstić information content (AvgIpc) is 3.33. The molecule has 2 aliphatic rings. The van der Waals surface area contributed by atoms with Gasteiger partial charge in [0.15, 0.2) is 0 Å². The van der Waals surface area contributed by atoms with Crippen molar-refractivity contribution in [1.29, 1.82) is 0 Å². The number of rotatable bonds is 5. The Kier molecular flexibility index (Phi) is 5.46. The summed E-state index contributed by atoms with van der Waals surface area (Å²) in [7, 11) is 1.43. The topological polar surface area (TPSA) is 112 Å². The zero-order chi connectivity index (χ0) is 23.8. The number of aromatic nitrogens is 1. The Labute approximate surface area is 194 Å². The molecule has 2 aliphatic heterocycles. The molecular formula is C25H21FN4O4. The quantitative estimate of drug-likeness (QED) is 0.438. The second-order valence-corrected chi connectivity index (χ2v) is 8.03. The van der Waals surface area contributed by atoms with Gasteiger partial charge in [-0.3, -0.25) is 14.4 Å². The molecule has 2 aromatic carbocycles. The van der Waals surface area contributed by atoms with E-state index in [-0.39, 0.29) is 30.1 Å². The molecule has 3 amide bonds. The zero-order valence-electron chi connectivity index (χ0n) is 18.3. The number of halogens is 1. The molecule has 5 rings (SSSR count). The molecule has 1 aromatic heterocycles. The van der Waals surface area contributed by atoms with E-state index in [1.165, 1.54) is 19.2 Å². The van der Waals surface area contributed by atoms with E-state index in [2.05, 4.69) is 20.9 Å². The van der Waals surface area contributed by atoms with E-state index < -0.39 is 0 Å². The molecule has 9 heteroatoms. The van der Waals surface area contributed by atoms with Gasteiger partial charge in [0.2, 0.25) is 5.91 Å². The van der Waals surface area contributed by atoms with E-state index in [0.29, 0.717) is 57.9 Å². The van der Waals surface area contributed by atoms with Gasteiger partial charge < -0.3 is 25.7 Å². The predicted molar refractivity (Wildman–Crippen MR) is 126 cm³/mol. The second kappa shape index (κ2) is 8.60. The van der Waals surface area contributed by atoms with Crippen molar-refractivity contribution < 1.29 is 23.5 Å². The number of fused-ring (bicyclic) bond motifs is 2. The highest BCUT2D eigenvalue weighted by atomic mass is 19.1. The van der Waals surface area contributed by atoms with Crippen LogP contribution in [-0.2, 0) is 20.7 Å². The van der Waals surface area contributed by atoms with Gasteiger partial charge in [-0.25, -0.2) is 4.39 Å². The molecule has 0 saturated heterocycles. The minimum absolute atomic E-state index is 0.0892. The highest BCUT2D eigenvalue weighted by molar-refractivity contribution is 6.35. The maximum Gasteiger partial charge on any atom is 0.256 e. The predicted octanol–water partition coefficient (Wildman–Crippen LogP) is 3.18. The van der Waals surface area contributed by atoms with E-state index in [4.69, 9.17) is 4.74 Å². The van der Waals surface area contributed by atoms with Crippen molar-refractivity contribution >= 4 is 40.7 Å². The van der Waals surface area contributed by atoms with Crippen LogP contribution in [0.2, 0.25) is 0 Å². The van der Waals surface area contributed by atoms with Crippen LogP contribution in [0.15, 0.2) is 42.5 Å². The number of hydrogen-bond donors (Lipinski definition) is 4. The van der Waals surface area contributed by atoms with Gasteiger partial charge in [0.05, 0.1) is 11.1 Å². The van der Waals surface area contributed by atoms with Crippen molar-refractivity contribution in [3.63, 3.8) is 0 Å². The first kappa shape index (κ1) is 21.6. The van der Waals surface area contributed by atoms with Crippen LogP contribution in [0.25, 0.3) is 22.8 Å². The third-order valence-electron chi connectivity index (χ3n) is 5.78. The molecule has 172 valence electrons. The number of nitrogens with one attached hydrogen (secondary N) is 4. The highest BCUT2D eigenvalue weighted by Crippen LogP contribution is 2.38. The first-order chi connectivity index (χ1) is 16.4. The van der Waals surface area contributed by atoms with Crippen molar-refractivity contribution in [2.24, 2.45) is 0 Å². The Morgan fingerprint density at radius 1 is 1.12 bits per heavy atom. The third kappa shape index (κ3) is 3.86. The number of carbonyl (C=O) groups excluding carboxylic acids is 3. The fourth-order valence-electron chi connectivity index (χ4n) is 4.31. The molecule has 0 spiro atoms. The van der Waals surface area contributed by atoms with Gasteiger partial charge in [-0.2, -0.15) is 0 Å². The lowest BCUT2D eigenvalue weighted by Crippen LogP contribution is -2.31. The standard InChI is InChI=1S/C25H21FN4O4/c1-34-12-21(31)28-15-6-7-18-16(10-15)17(24(32)30-18)11-20-22(13-2-4-14(26)5-3-13)23-19(29-20)8-9-27-25(23)33/h2-7,10-11,29H,8-9,12H2,1H3,(H,27,33)(H,28,31)(H,30,32)/b17-11-. The maximum absolute atomic E-state index is 13.6. The Morgan fingerprint density at radius 3 is 2.68 bits per heavy atom. The van der Waals surface area contributed by atoms with Crippen molar-refractivity contribution in [3.8, 4) is 11.1 Å². The number of anilines is 2. The molecule has 0 fully saturated rings. The Morgan fingerprint density at radius 2 is 1.91 bits per heavy atom. The van der Waals surface area contributed by atoms with E-state index in [0.717, 1.165) is 5.69 Å². The minimum atomic E-state index is -0.385. The largest absolute Gasteiger partial charge is 0.375 e. The fourth-order valence-corrected chi connectivity index (χ4v) is 4.31. The molecule has 0 atom stereocenters. The number of methoxy groups -OCH3 is 1. The van der Waals surface area contributed by atoms with Crippen molar-refractivity contribution in [2.45, 2.75) is 6.42 Å². The second-order valence-electron chi connectivity index (χ2n) is 8.03. The van der Waals surface area contributed by atoms with Crippen LogP contribution >= 0.6 is 0 Å². The highest BCUT2D eigenvalue weighted by Gasteiger charge is 2.29. The summed E-state index contributed by atoms with van der Waals surface area (Å²) in [4.78, 5) is 40.8. The van der Waals surface area contributed by atoms with Crippen LogP contribution < -0.4 is 16.0 Å². The average molecular weight is 460 g/mol. The van der Waals surface area contributed by atoms with Crippen LogP contribution in [0, 0.1) is 5.82 Å². The maximum atomic E-state index is 13.6. The molecule has 0 saturated carbocycles. The normalized spacial score (nSPS) is 15.5. The lowest BCUT2D eigenvalue weighted by Gasteiger charge is -2.14. The number of hydrogen-bond acceptors (Lipinski definition) is 4. The van der Waals surface area contributed by atoms with Gasteiger partial charge in [-0.15, -0.1) is 0 Å². The van der Waals surface area contributed by atoms with E-state index in [1.54, 1.807) is 36.4 Å². The number of benzene rings is 2. The van der Waals surface area contributed by atoms with Crippen LogP contribution in [0.5, 0.6) is 0 Å². The number of H-pyrrole nitrogens is 1. The fraction of sp³-hybridized carbons (Fsp3) is 0.160. The van der Waals surface area contributed by atoms with Crippen LogP contribution in [0.3, 0.4) is 0 Å².